The normalized spacial score (nSPS) is 16.5. The molecule has 0 atom stereocenters. The Morgan fingerprint density at radius 2 is 1.89 bits per heavy atom. The predicted octanol–water partition coefficient (Wildman–Crippen LogP) is 3.94. The minimum atomic E-state index is -0.230. The van der Waals surface area contributed by atoms with Gasteiger partial charge in [0.15, 0.2) is 5.76 Å². The Labute approximate surface area is 162 Å². The van der Waals surface area contributed by atoms with E-state index in [1.165, 1.54) is 0 Å². The molecule has 2 aromatic carbocycles. The van der Waals surface area contributed by atoms with Crippen molar-refractivity contribution < 1.29 is 28.5 Å². The molecule has 0 aromatic heterocycles. The fourth-order valence-electron chi connectivity index (χ4n) is 3.07. The number of hydrogen-bond acceptors (Lipinski definition) is 6. The fraction of sp³-hybridized carbons (Fsp3) is 0.273. The van der Waals surface area contributed by atoms with E-state index in [0.29, 0.717) is 39.7 Å². The minimum absolute atomic E-state index is 0.00630. The molecule has 6 nitrogen and oxygen atoms in total. The van der Waals surface area contributed by atoms with Crippen molar-refractivity contribution in [2.24, 2.45) is 5.92 Å². The van der Waals surface area contributed by atoms with E-state index in [1.54, 1.807) is 57.6 Å². The van der Waals surface area contributed by atoms with Crippen LogP contribution in [-0.2, 0) is 4.79 Å². The molecule has 0 radical (unpaired) electrons. The highest BCUT2D eigenvalue weighted by Gasteiger charge is 2.34. The van der Waals surface area contributed by atoms with Crippen LogP contribution >= 0.6 is 0 Å². The molecule has 0 bridgehead atoms. The molecule has 0 N–H and O–H groups in total. The van der Waals surface area contributed by atoms with Crippen LogP contribution in [0.4, 0.5) is 0 Å². The van der Waals surface area contributed by atoms with Crippen molar-refractivity contribution >= 4 is 17.8 Å². The van der Waals surface area contributed by atoms with Crippen molar-refractivity contribution in [2.75, 3.05) is 14.2 Å². The summed E-state index contributed by atoms with van der Waals surface area (Å²) in [6.07, 6.45) is 3.37. The molecule has 0 saturated heterocycles. The molecule has 4 rings (SSSR count). The standard InChI is InChI=1S/C22H20O6/c1-12-17(28-22(24)13-4-5-13)9-8-16-20(23)19(27-21(12)16)10-14-6-7-15(25-2)11-18(14)26-3/h6-11,13H,4-5H2,1-3H3/b19-10-. The number of benzene rings is 2. The van der Waals surface area contributed by atoms with Crippen molar-refractivity contribution in [3.05, 3.63) is 52.8 Å². The van der Waals surface area contributed by atoms with Gasteiger partial charge in [0.05, 0.1) is 25.7 Å². The molecule has 1 heterocycles. The average Bonchev–Trinajstić information content (AvgIpc) is 3.51. The molecule has 2 aliphatic rings. The molecule has 0 amide bonds. The molecule has 28 heavy (non-hydrogen) atoms. The van der Waals surface area contributed by atoms with E-state index in [1.807, 2.05) is 0 Å². The van der Waals surface area contributed by atoms with E-state index in [-0.39, 0.29) is 23.4 Å². The molecule has 6 heteroatoms. The van der Waals surface area contributed by atoms with E-state index in [9.17, 15) is 9.59 Å². The first-order valence-electron chi connectivity index (χ1n) is 9.03. The van der Waals surface area contributed by atoms with Gasteiger partial charge >= 0.3 is 5.97 Å². The summed E-state index contributed by atoms with van der Waals surface area (Å²) in [5, 5.41) is 0. The van der Waals surface area contributed by atoms with Crippen LogP contribution in [0.2, 0.25) is 0 Å². The SMILES string of the molecule is COc1ccc(/C=C2\Oc3c(ccc(OC(=O)C4CC4)c3C)C2=O)c(OC)c1. The van der Waals surface area contributed by atoms with E-state index < -0.39 is 0 Å². The van der Waals surface area contributed by atoms with E-state index in [0.717, 1.165) is 12.8 Å². The zero-order valence-corrected chi connectivity index (χ0v) is 15.9. The monoisotopic (exact) mass is 380 g/mol. The zero-order chi connectivity index (χ0) is 19.8. The van der Waals surface area contributed by atoms with Crippen LogP contribution in [0.3, 0.4) is 0 Å². The first-order valence-corrected chi connectivity index (χ1v) is 9.03. The first kappa shape index (κ1) is 18.1. The highest BCUT2D eigenvalue weighted by Crippen LogP contribution is 2.41. The number of hydrogen-bond donors (Lipinski definition) is 0. The van der Waals surface area contributed by atoms with Crippen LogP contribution in [0.25, 0.3) is 6.08 Å². The molecule has 1 fully saturated rings. The highest BCUT2D eigenvalue weighted by atomic mass is 16.5. The molecule has 1 saturated carbocycles. The fourth-order valence-corrected chi connectivity index (χ4v) is 3.07. The molecule has 0 unspecified atom stereocenters. The lowest BCUT2D eigenvalue weighted by molar-refractivity contribution is -0.135. The Morgan fingerprint density at radius 1 is 1.11 bits per heavy atom. The van der Waals surface area contributed by atoms with Crippen molar-refractivity contribution in [2.45, 2.75) is 19.8 Å². The third-order valence-electron chi connectivity index (χ3n) is 4.89. The molecule has 0 spiro atoms. The Bertz CT molecular complexity index is 1000. The van der Waals surface area contributed by atoms with Crippen LogP contribution in [0.1, 0.15) is 34.3 Å². The summed E-state index contributed by atoms with van der Waals surface area (Å²) in [4.78, 5) is 24.7. The van der Waals surface area contributed by atoms with Gasteiger partial charge in [-0.25, -0.2) is 0 Å². The summed E-state index contributed by atoms with van der Waals surface area (Å²) in [6.45, 7) is 1.78. The Kier molecular flexibility index (Phi) is 4.55. The summed E-state index contributed by atoms with van der Waals surface area (Å²) in [6, 6.07) is 8.58. The number of ether oxygens (including phenoxy) is 4. The lowest BCUT2D eigenvalue weighted by atomic mass is 10.1. The molecular weight excluding hydrogens is 360 g/mol. The highest BCUT2D eigenvalue weighted by molar-refractivity contribution is 6.15. The van der Waals surface area contributed by atoms with Gasteiger partial charge in [-0.2, -0.15) is 0 Å². The lowest BCUT2D eigenvalue weighted by Crippen LogP contribution is -2.10. The van der Waals surface area contributed by atoms with Gasteiger partial charge in [-0.1, -0.05) is 0 Å². The first-order chi connectivity index (χ1) is 13.5. The average molecular weight is 380 g/mol. The second-order valence-corrected chi connectivity index (χ2v) is 6.81. The predicted molar refractivity (Wildman–Crippen MR) is 102 cm³/mol. The quantitative estimate of drug-likeness (QED) is 0.444. The second-order valence-electron chi connectivity index (χ2n) is 6.81. The summed E-state index contributed by atoms with van der Waals surface area (Å²) in [7, 11) is 3.12. The van der Waals surface area contributed by atoms with Crippen molar-refractivity contribution in [3.8, 4) is 23.0 Å². The maximum atomic E-state index is 12.8. The van der Waals surface area contributed by atoms with Crippen LogP contribution in [0, 0.1) is 12.8 Å². The van der Waals surface area contributed by atoms with Gasteiger partial charge < -0.3 is 18.9 Å². The number of methoxy groups -OCH3 is 2. The number of ketones is 1. The van der Waals surface area contributed by atoms with E-state index in [4.69, 9.17) is 18.9 Å². The van der Waals surface area contributed by atoms with Gasteiger partial charge in [-0.15, -0.1) is 0 Å². The van der Waals surface area contributed by atoms with Crippen LogP contribution < -0.4 is 18.9 Å². The Morgan fingerprint density at radius 3 is 2.57 bits per heavy atom. The van der Waals surface area contributed by atoms with Gasteiger partial charge in [-0.05, 0) is 50.1 Å². The Balaban J connectivity index is 1.64. The maximum Gasteiger partial charge on any atom is 0.314 e. The number of allylic oxidation sites excluding steroid dienone is 1. The smallest absolute Gasteiger partial charge is 0.314 e. The van der Waals surface area contributed by atoms with Crippen LogP contribution in [-0.4, -0.2) is 26.0 Å². The van der Waals surface area contributed by atoms with Gasteiger partial charge in [0, 0.05) is 17.2 Å². The third-order valence-corrected chi connectivity index (χ3v) is 4.89. The molecule has 144 valence electrons. The summed E-state index contributed by atoms with van der Waals surface area (Å²) in [5.41, 5.74) is 1.77. The van der Waals surface area contributed by atoms with Crippen LogP contribution in [0.5, 0.6) is 23.0 Å². The summed E-state index contributed by atoms with van der Waals surface area (Å²) in [5.74, 6) is 1.79. The topological polar surface area (TPSA) is 71.1 Å². The zero-order valence-electron chi connectivity index (χ0n) is 15.9. The largest absolute Gasteiger partial charge is 0.497 e. The number of carbonyl (C=O) groups is 2. The third kappa shape index (κ3) is 3.22. The number of Topliss-reactive ketones (excluding diaryl/α,β-unsaturated/α-hetero) is 1. The van der Waals surface area contributed by atoms with E-state index in [2.05, 4.69) is 0 Å². The van der Waals surface area contributed by atoms with Crippen molar-refractivity contribution in [3.63, 3.8) is 0 Å². The van der Waals surface area contributed by atoms with E-state index >= 15 is 0 Å². The summed E-state index contributed by atoms with van der Waals surface area (Å²) < 4.78 is 21.9. The van der Waals surface area contributed by atoms with Gasteiger partial charge in [0.25, 0.3) is 0 Å². The van der Waals surface area contributed by atoms with Crippen LogP contribution in [0.15, 0.2) is 36.1 Å². The Hall–Kier alpha value is -3.28. The number of fused-ring (bicyclic) bond motifs is 1. The van der Waals surface area contributed by atoms with Gasteiger partial charge in [-0.3, -0.25) is 9.59 Å². The van der Waals surface area contributed by atoms with Gasteiger partial charge in [0.1, 0.15) is 23.0 Å². The minimum Gasteiger partial charge on any atom is -0.497 e. The van der Waals surface area contributed by atoms with Crippen molar-refractivity contribution in [1.82, 2.24) is 0 Å². The molecule has 1 aliphatic heterocycles. The molecular formula is C22H20O6. The summed E-state index contributed by atoms with van der Waals surface area (Å²) >= 11 is 0. The van der Waals surface area contributed by atoms with Crippen molar-refractivity contribution in [1.29, 1.82) is 0 Å². The van der Waals surface area contributed by atoms with Gasteiger partial charge in [0.2, 0.25) is 5.78 Å². The molecule has 2 aromatic rings. The number of esters is 1. The maximum absolute atomic E-state index is 12.8. The second kappa shape index (κ2) is 7.03. The lowest BCUT2D eigenvalue weighted by Gasteiger charge is -2.10. The number of carbonyl (C=O) groups excluding carboxylic acids is 2. The molecule has 1 aliphatic carbocycles. The number of rotatable bonds is 5.